The first-order valence-corrected chi connectivity index (χ1v) is 11.0. The number of nitrogens with one attached hydrogen (secondary N) is 3. The largest absolute Gasteiger partial charge is 0.490 e. The van der Waals surface area contributed by atoms with E-state index < -0.39 is 36.9 Å². The number of fused-ring (bicyclic) bond motifs is 2. The van der Waals surface area contributed by atoms with Crippen molar-refractivity contribution in [3.8, 4) is 5.75 Å². The third kappa shape index (κ3) is 6.75. The minimum Gasteiger partial charge on any atom is -0.490 e. The maximum atomic E-state index is 13.2. The van der Waals surface area contributed by atoms with E-state index in [2.05, 4.69) is 10.6 Å². The van der Waals surface area contributed by atoms with Crippen LogP contribution in [0.1, 0.15) is 43.5 Å². The molecule has 1 aromatic carbocycles. The number of halogens is 3. The number of nitrogens with zero attached hydrogens (tertiary/aromatic N) is 1. The van der Waals surface area contributed by atoms with E-state index in [4.69, 9.17) is 9.47 Å². The number of amides is 4. The SMILES string of the molecule is CC(C)NC(=O)Nc1ccc2c(c1)C(=O)N(C)[C@H]1CC[C@@H](CC(=O)NCC(F)(F)F)O[C@H]1CO2. The zero-order valence-corrected chi connectivity index (χ0v) is 19.2. The van der Waals surface area contributed by atoms with Crippen LogP contribution in [0.2, 0.25) is 0 Å². The number of likely N-dealkylation sites (N-methyl/N-ethyl adjacent to an activating group) is 1. The fourth-order valence-corrected chi connectivity index (χ4v) is 4.01. The Labute approximate surface area is 195 Å². The number of carbonyl (C=O) groups is 3. The van der Waals surface area contributed by atoms with Crippen LogP contribution in [0.25, 0.3) is 0 Å². The Balaban J connectivity index is 1.67. The minimum absolute atomic E-state index is 0.0526. The maximum Gasteiger partial charge on any atom is 0.405 e. The zero-order valence-electron chi connectivity index (χ0n) is 19.2. The van der Waals surface area contributed by atoms with Crippen molar-refractivity contribution in [3.63, 3.8) is 0 Å². The van der Waals surface area contributed by atoms with Crippen molar-refractivity contribution in [1.29, 1.82) is 0 Å². The zero-order chi connectivity index (χ0) is 25.0. The van der Waals surface area contributed by atoms with E-state index in [1.54, 1.807) is 30.1 Å². The highest BCUT2D eigenvalue weighted by atomic mass is 19.4. The summed E-state index contributed by atoms with van der Waals surface area (Å²) in [6.45, 7) is 2.36. The van der Waals surface area contributed by atoms with Crippen molar-refractivity contribution in [2.24, 2.45) is 0 Å². The summed E-state index contributed by atoms with van der Waals surface area (Å²) in [4.78, 5) is 38.6. The van der Waals surface area contributed by atoms with Gasteiger partial charge >= 0.3 is 12.2 Å². The van der Waals surface area contributed by atoms with Crippen LogP contribution in [0.5, 0.6) is 5.75 Å². The molecule has 2 aliphatic rings. The van der Waals surface area contributed by atoms with E-state index in [-0.39, 0.29) is 36.6 Å². The molecule has 2 heterocycles. The van der Waals surface area contributed by atoms with E-state index in [9.17, 15) is 27.6 Å². The van der Waals surface area contributed by atoms with Gasteiger partial charge in [-0.05, 0) is 44.9 Å². The summed E-state index contributed by atoms with van der Waals surface area (Å²) in [6, 6.07) is 3.96. The molecule has 0 aromatic heterocycles. The summed E-state index contributed by atoms with van der Waals surface area (Å²) >= 11 is 0. The quantitative estimate of drug-likeness (QED) is 0.593. The predicted molar refractivity (Wildman–Crippen MR) is 117 cm³/mol. The van der Waals surface area contributed by atoms with Crippen LogP contribution in [0.3, 0.4) is 0 Å². The molecule has 2 aliphatic heterocycles. The average Bonchev–Trinajstić information content (AvgIpc) is 2.74. The van der Waals surface area contributed by atoms with Gasteiger partial charge < -0.3 is 30.3 Å². The van der Waals surface area contributed by atoms with Crippen molar-refractivity contribution < 1.29 is 37.0 Å². The highest BCUT2D eigenvalue weighted by Crippen LogP contribution is 2.32. The Morgan fingerprint density at radius 3 is 2.65 bits per heavy atom. The normalized spacial score (nSPS) is 22.6. The fourth-order valence-electron chi connectivity index (χ4n) is 4.01. The van der Waals surface area contributed by atoms with Gasteiger partial charge in [0.1, 0.15) is 25.0 Å². The van der Waals surface area contributed by atoms with E-state index in [1.165, 1.54) is 0 Å². The molecular weight excluding hydrogens is 457 g/mol. The second kappa shape index (κ2) is 10.5. The van der Waals surface area contributed by atoms with E-state index in [0.29, 0.717) is 24.3 Å². The Morgan fingerprint density at radius 2 is 1.97 bits per heavy atom. The molecule has 4 amide bonds. The molecule has 3 rings (SSSR count). The summed E-state index contributed by atoms with van der Waals surface area (Å²) in [7, 11) is 1.64. The second-order valence-electron chi connectivity index (χ2n) is 8.73. The van der Waals surface area contributed by atoms with Crippen molar-refractivity contribution >= 4 is 23.5 Å². The van der Waals surface area contributed by atoms with Crippen molar-refractivity contribution in [2.75, 3.05) is 25.5 Å². The molecular formula is C22H29F3N4O5. The number of rotatable bonds is 5. The van der Waals surface area contributed by atoms with Gasteiger partial charge in [-0.2, -0.15) is 13.2 Å². The summed E-state index contributed by atoms with van der Waals surface area (Å²) in [5, 5.41) is 7.24. The average molecular weight is 486 g/mol. The number of anilines is 1. The molecule has 0 bridgehead atoms. The lowest BCUT2D eigenvalue weighted by molar-refractivity contribution is -0.144. The molecule has 0 spiro atoms. The lowest BCUT2D eigenvalue weighted by Crippen LogP contribution is -2.54. The second-order valence-corrected chi connectivity index (χ2v) is 8.73. The Kier molecular flexibility index (Phi) is 7.90. The summed E-state index contributed by atoms with van der Waals surface area (Å²) < 4.78 is 48.7. The van der Waals surface area contributed by atoms with Crippen molar-refractivity contribution in [2.45, 2.75) is 63.6 Å². The van der Waals surface area contributed by atoms with Gasteiger partial charge in [0.05, 0.1) is 24.1 Å². The van der Waals surface area contributed by atoms with Crippen molar-refractivity contribution in [1.82, 2.24) is 15.5 Å². The summed E-state index contributed by atoms with van der Waals surface area (Å²) in [5.41, 5.74) is 0.723. The molecule has 0 saturated carbocycles. The first-order valence-electron chi connectivity index (χ1n) is 11.0. The monoisotopic (exact) mass is 486 g/mol. The van der Waals surface area contributed by atoms with Crippen LogP contribution in [-0.4, -0.2) is 73.4 Å². The third-order valence-corrected chi connectivity index (χ3v) is 5.59. The third-order valence-electron chi connectivity index (χ3n) is 5.59. The molecule has 3 atom stereocenters. The van der Waals surface area contributed by atoms with Crippen LogP contribution in [0.4, 0.5) is 23.7 Å². The summed E-state index contributed by atoms with van der Waals surface area (Å²) in [5.74, 6) is -0.745. The van der Waals surface area contributed by atoms with E-state index in [1.807, 2.05) is 19.2 Å². The predicted octanol–water partition coefficient (Wildman–Crippen LogP) is 2.67. The first-order chi connectivity index (χ1) is 15.9. The van der Waals surface area contributed by atoms with Gasteiger partial charge in [0.25, 0.3) is 5.91 Å². The molecule has 34 heavy (non-hydrogen) atoms. The van der Waals surface area contributed by atoms with Crippen molar-refractivity contribution in [3.05, 3.63) is 23.8 Å². The van der Waals surface area contributed by atoms with Crippen LogP contribution in [0.15, 0.2) is 18.2 Å². The molecule has 188 valence electrons. The standard InChI is InChI=1S/C22H29F3N4O5/c1-12(2)27-21(32)28-13-4-7-17-15(8-13)20(31)29(3)16-6-5-14(34-18(16)10-33-17)9-19(30)26-11-22(23,24)25/h4,7-8,12,14,16,18H,5-6,9-11H2,1-3H3,(H,26,30)(H2,27,28,32)/t14-,16-,18-/m0/s1. The van der Waals surface area contributed by atoms with Gasteiger partial charge in [-0.1, -0.05) is 0 Å². The van der Waals surface area contributed by atoms with Crippen LogP contribution >= 0.6 is 0 Å². The van der Waals surface area contributed by atoms with Crippen LogP contribution in [0, 0.1) is 0 Å². The number of alkyl halides is 3. The van der Waals surface area contributed by atoms with E-state index in [0.717, 1.165) is 0 Å². The minimum atomic E-state index is -4.48. The molecule has 1 saturated heterocycles. The smallest absolute Gasteiger partial charge is 0.405 e. The number of hydrogen-bond acceptors (Lipinski definition) is 5. The first kappa shape index (κ1) is 25.6. The van der Waals surface area contributed by atoms with Gasteiger partial charge in [-0.25, -0.2) is 4.79 Å². The number of ether oxygens (including phenoxy) is 2. The number of benzene rings is 1. The maximum absolute atomic E-state index is 13.2. The lowest BCUT2D eigenvalue weighted by atomic mass is 9.94. The van der Waals surface area contributed by atoms with Gasteiger partial charge in [0, 0.05) is 18.8 Å². The molecule has 3 N–H and O–H groups in total. The van der Waals surface area contributed by atoms with Gasteiger partial charge in [0.15, 0.2) is 0 Å². The molecule has 12 heteroatoms. The summed E-state index contributed by atoms with van der Waals surface area (Å²) in [6.07, 6.45) is -4.91. The Bertz CT molecular complexity index is 924. The Hall–Kier alpha value is -3.02. The lowest BCUT2D eigenvalue weighted by Gasteiger charge is -2.42. The molecule has 0 radical (unpaired) electrons. The van der Waals surface area contributed by atoms with Crippen LogP contribution in [-0.2, 0) is 9.53 Å². The Morgan fingerprint density at radius 1 is 1.24 bits per heavy atom. The van der Waals surface area contributed by atoms with Gasteiger partial charge in [-0.15, -0.1) is 0 Å². The molecule has 1 aromatic rings. The fraction of sp³-hybridized carbons (Fsp3) is 0.591. The molecule has 0 aliphatic carbocycles. The number of hydrogen-bond donors (Lipinski definition) is 3. The highest BCUT2D eigenvalue weighted by Gasteiger charge is 2.39. The number of urea groups is 1. The van der Waals surface area contributed by atoms with E-state index >= 15 is 0 Å². The molecule has 1 fully saturated rings. The number of carbonyl (C=O) groups excluding carboxylic acids is 3. The molecule has 9 nitrogen and oxygen atoms in total. The topological polar surface area (TPSA) is 109 Å². The van der Waals surface area contributed by atoms with Gasteiger partial charge in [-0.3, -0.25) is 9.59 Å². The van der Waals surface area contributed by atoms with Crippen LogP contribution < -0.4 is 20.7 Å². The molecule has 0 unspecified atom stereocenters. The van der Waals surface area contributed by atoms with Gasteiger partial charge in [0.2, 0.25) is 5.91 Å². The highest BCUT2D eigenvalue weighted by molar-refractivity contribution is 5.99.